The molecule has 0 aliphatic carbocycles. The van der Waals surface area contributed by atoms with E-state index in [0.29, 0.717) is 32.1 Å². The lowest BCUT2D eigenvalue weighted by Crippen LogP contribution is -2.42. The predicted octanol–water partition coefficient (Wildman–Crippen LogP) is 0.204. The largest absolute Gasteiger partial charge is 0.379 e. The van der Waals surface area contributed by atoms with Crippen molar-refractivity contribution in [2.75, 3.05) is 45.9 Å². The minimum absolute atomic E-state index is 0.0225. The van der Waals surface area contributed by atoms with E-state index in [1.165, 1.54) is 12.3 Å². The van der Waals surface area contributed by atoms with E-state index in [0.717, 1.165) is 45.6 Å². The van der Waals surface area contributed by atoms with Crippen LogP contribution in [0.4, 0.5) is 0 Å². The molecule has 2 aliphatic rings. The number of rotatable bonds is 5. The van der Waals surface area contributed by atoms with E-state index in [-0.39, 0.29) is 11.5 Å². The van der Waals surface area contributed by atoms with E-state index < -0.39 is 0 Å². The Morgan fingerprint density at radius 3 is 2.75 bits per heavy atom. The van der Waals surface area contributed by atoms with Crippen molar-refractivity contribution in [3.05, 3.63) is 28.9 Å². The highest BCUT2D eigenvalue weighted by Gasteiger charge is 2.22. The highest BCUT2D eigenvalue weighted by atomic mass is 16.5. The van der Waals surface area contributed by atoms with E-state index in [9.17, 15) is 9.59 Å². The van der Waals surface area contributed by atoms with Crippen LogP contribution in [0.15, 0.2) is 23.4 Å². The van der Waals surface area contributed by atoms with Gasteiger partial charge < -0.3 is 14.5 Å². The molecule has 0 N–H and O–H groups in total. The van der Waals surface area contributed by atoms with Crippen molar-refractivity contribution in [3.63, 3.8) is 0 Å². The first-order valence-electron chi connectivity index (χ1n) is 8.81. The summed E-state index contributed by atoms with van der Waals surface area (Å²) in [5.74, 6) is 0.731. The molecule has 3 rings (SSSR count). The number of nitrogens with zero attached hydrogens (tertiary/aromatic N) is 4. The van der Waals surface area contributed by atoms with Gasteiger partial charge in [-0.05, 0) is 31.8 Å². The van der Waals surface area contributed by atoms with Crippen molar-refractivity contribution in [1.29, 1.82) is 0 Å². The van der Waals surface area contributed by atoms with E-state index in [4.69, 9.17) is 4.74 Å². The molecular weight excluding hydrogens is 308 g/mol. The number of ether oxygens (including phenoxy) is 1. The van der Waals surface area contributed by atoms with Crippen molar-refractivity contribution >= 4 is 5.91 Å². The van der Waals surface area contributed by atoms with Crippen molar-refractivity contribution in [3.8, 4) is 0 Å². The molecule has 0 radical (unpaired) electrons. The Kier molecular flexibility index (Phi) is 5.98. The minimum atomic E-state index is 0.0225. The summed E-state index contributed by atoms with van der Waals surface area (Å²) >= 11 is 0. The van der Waals surface area contributed by atoms with Crippen LogP contribution in [0.3, 0.4) is 0 Å². The molecule has 0 saturated carbocycles. The zero-order valence-corrected chi connectivity index (χ0v) is 14.1. The molecule has 0 spiro atoms. The molecule has 24 heavy (non-hydrogen) atoms. The summed E-state index contributed by atoms with van der Waals surface area (Å²) in [4.78, 5) is 32.1. The average Bonchev–Trinajstić information content (AvgIpc) is 2.81. The van der Waals surface area contributed by atoms with E-state index in [1.807, 2.05) is 4.90 Å². The third-order valence-corrected chi connectivity index (χ3v) is 4.96. The molecular formula is C17H26N4O3. The van der Waals surface area contributed by atoms with Gasteiger partial charge in [0.05, 0.1) is 26.0 Å². The number of hydrogen-bond acceptors (Lipinski definition) is 5. The quantitative estimate of drug-likeness (QED) is 0.770. The summed E-state index contributed by atoms with van der Waals surface area (Å²) in [6, 6.07) is 1.51. The minimum Gasteiger partial charge on any atom is -0.379 e. The first-order valence-corrected chi connectivity index (χ1v) is 8.81. The molecule has 0 unspecified atom stereocenters. The van der Waals surface area contributed by atoms with Gasteiger partial charge in [-0.1, -0.05) is 0 Å². The fourth-order valence-corrected chi connectivity index (χ4v) is 3.40. The van der Waals surface area contributed by atoms with Crippen LogP contribution in [0.2, 0.25) is 0 Å². The van der Waals surface area contributed by atoms with E-state index >= 15 is 0 Å². The summed E-state index contributed by atoms with van der Waals surface area (Å²) in [5.41, 5.74) is 0.0225. The Labute approximate surface area is 142 Å². The summed E-state index contributed by atoms with van der Waals surface area (Å²) in [5, 5.41) is 0. The van der Waals surface area contributed by atoms with Crippen LogP contribution >= 0.6 is 0 Å². The maximum Gasteiger partial charge on any atom is 0.253 e. The molecule has 7 heteroatoms. The first-order chi connectivity index (χ1) is 11.7. The highest BCUT2D eigenvalue weighted by Crippen LogP contribution is 2.18. The lowest BCUT2D eigenvalue weighted by molar-refractivity contribution is -0.130. The van der Waals surface area contributed by atoms with Crippen LogP contribution in [-0.2, 0) is 16.1 Å². The fourth-order valence-electron chi connectivity index (χ4n) is 3.40. The molecule has 2 saturated heterocycles. The van der Waals surface area contributed by atoms with Gasteiger partial charge in [0, 0.05) is 38.4 Å². The van der Waals surface area contributed by atoms with Gasteiger partial charge >= 0.3 is 0 Å². The molecule has 1 amide bonds. The number of carbonyl (C=O) groups excluding carboxylic acids is 1. The number of piperidine rings is 1. The lowest BCUT2D eigenvalue weighted by atomic mass is 9.96. The van der Waals surface area contributed by atoms with E-state index in [1.54, 1.807) is 10.9 Å². The molecule has 2 fully saturated rings. The predicted molar refractivity (Wildman–Crippen MR) is 89.7 cm³/mol. The number of hydrogen-bond donors (Lipinski definition) is 0. The maximum atomic E-state index is 12.0. The topological polar surface area (TPSA) is 67.7 Å². The monoisotopic (exact) mass is 334 g/mol. The fraction of sp³-hybridized carbons (Fsp3) is 0.706. The van der Waals surface area contributed by atoms with Gasteiger partial charge in [0.2, 0.25) is 5.91 Å². The average molecular weight is 334 g/mol. The van der Waals surface area contributed by atoms with Gasteiger partial charge in [0.15, 0.2) is 0 Å². The molecule has 0 bridgehead atoms. The summed E-state index contributed by atoms with van der Waals surface area (Å²) in [6.07, 6.45) is 5.83. The van der Waals surface area contributed by atoms with Gasteiger partial charge in [-0.15, -0.1) is 0 Å². The molecule has 0 aromatic carbocycles. The standard InChI is InChI=1S/C17H26N4O3/c22-16-1-5-18-14-21(16)13-15-2-6-19(7-3-15)8-9-20-10-12-24-11-4-17(20)23/h1,5,14-15H,2-4,6-13H2. The second-order valence-corrected chi connectivity index (χ2v) is 6.60. The number of likely N-dealkylation sites (tertiary alicyclic amines) is 1. The Hall–Kier alpha value is -1.73. The van der Waals surface area contributed by atoms with Crippen LogP contribution in [0.1, 0.15) is 19.3 Å². The second kappa shape index (κ2) is 8.39. The summed E-state index contributed by atoms with van der Waals surface area (Å²) in [7, 11) is 0. The van der Waals surface area contributed by atoms with Gasteiger partial charge in [0.1, 0.15) is 0 Å². The Bertz CT molecular complexity index is 595. The van der Waals surface area contributed by atoms with Crippen LogP contribution < -0.4 is 5.56 Å². The van der Waals surface area contributed by atoms with Crippen molar-refractivity contribution < 1.29 is 9.53 Å². The normalized spacial score (nSPS) is 21.0. The number of amides is 1. The third kappa shape index (κ3) is 4.64. The SMILES string of the molecule is O=C1CCOCCN1CCN1CCC(Cn2cnccc2=O)CC1. The molecule has 1 aromatic heterocycles. The van der Waals surface area contributed by atoms with Crippen LogP contribution in [-0.4, -0.2) is 71.2 Å². The molecule has 2 aliphatic heterocycles. The number of carbonyl (C=O) groups is 1. The first kappa shape index (κ1) is 17.1. The van der Waals surface area contributed by atoms with Gasteiger partial charge in [-0.2, -0.15) is 0 Å². The summed E-state index contributed by atoms with van der Waals surface area (Å²) in [6.45, 7) is 6.42. The zero-order valence-electron chi connectivity index (χ0n) is 14.1. The second-order valence-electron chi connectivity index (χ2n) is 6.60. The van der Waals surface area contributed by atoms with Crippen LogP contribution in [0, 0.1) is 5.92 Å². The zero-order chi connectivity index (χ0) is 16.8. The molecule has 3 heterocycles. The maximum absolute atomic E-state index is 12.0. The molecule has 132 valence electrons. The Balaban J connectivity index is 1.41. The van der Waals surface area contributed by atoms with Gasteiger partial charge in [-0.25, -0.2) is 4.98 Å². The van der Waals surface area contributed by atoms with Crippen LogP contribution in [0.25, 0.3) is 0 Å². The Morgan fingerprint density at radius 2 is 1.96 bits per heavy atom. The van der Waals surface area contributed by atoms with Crippen LogP contribution in [0.5, 0.6) is 0 Å². The van der Waals surface area contributed by atoms with Crippen molar-refractivity contribution in [2.24, 2.45) is 5.92 Å². The van der Waals surface area contributed by atoms with Crippen molar-refractivity contribution in [2.45, 2.75) is 25.8 Å². The highest BCUT2D eigenvalue weighted by molar-refractivity contribution is 5.76. The number of aromatic nitrogens is 2. The van der Waals surface area contributed by atoms with Gasteiger partial charge in [-0.3, -0.25) is 14.2 Å². The third-order valence-electron chi connectivity index (χ3n) is 4.96. The molecule has 1 aromatic rings. The Morgan fingerprint density at radius 1 is 1.12 bits per heavy atom. The molecule has 7 nitrogen and oxygen atoms in total. The van der Waals surface area contributed by atoms with E-state index in [2.05, 4.69) is 9.88 Å². The summed E-state index contributed by atoms with van der Waals surface area (Å²) < 4.78 is 7.06. The lowest BCUT2D eigenvalue weighted by Gasteiger charge is -2.33. The molecule has 0 atom stereocenters. The van der Waals surface area contributed by atoms with Gasteiger partial charge in [0.25, 0.3) is 5.56 Å². The van der Waals surface area contributed by atoms with Crippen molar-refractivity contribution in [1.82, 2.24) is 19.4 Å². The smallest absolute Gasteiger partial charge is 0.253 e.